The van der Waals surface area contributed by atoms with Crippen LogP contribution in [0.25, 0.3) is 42.4 Å². The lowest BCUT2D eigenvalue weighted by Gasteiger charge is -2.47. The summed E-state index contributed by atoms with van der Waals surface area (Å²) in [4.78, 5) is 0. The quantitative estimate of drug-likeness (QED) is 0.206. The second-order valence-electron chi connectivity index (χ2n) is 14.3. The van der Waals surface area contributed by atoms with Crippen LogP contribution in [0.4, 0.5) is 0 Å². The van der Waals surface area contributed by atoms with E-state index in [0.717, 1.165) is 0 Å². The van der Waals surface area contributed by atoms with E-state index < -0.39 is 0 Å². The molecule has 2 aliphatic carbocycles. The Labute approximate surface area is 250 Å². The fourth-order valence-electron chi connectivity index (χ4n) is 9.75. The molecule has 1 heterocycles. The average molecular weight is 557 g/mol. The van der Waals surface area contributed by atoms with Gasteiger partial charge < -0.3 is 0 Å². The summed E-state index contributed by atoms with van der Waals surface area (Å²) in [5, 5.41) is 2.91. The second kappa shape index (κ2) is 8.81. The monoisotopic (exact) mass is 556 g/mol. The minimum Gasteiger partial charge on any atom is -0.134 e. The zero-order valence-corrected chi connectivity index (χ0v) is 27.3. The fourth-order valence-corrected chi connectivity index (χ4v) is 11.0. The summed E-state index contributed by atoms with van der Waals surface area (Å²) in [6.07, 6.45) is 0. The molecule has 0 spiro atoms. The van der Waals surface area contributed by atoms with Crippen LogP contribution in [0.15, 0.2) is 60.7 Å². The minimum atomic E-state index is -0.0654. The summed E-state index contributed by atoms with van der Waals surface area (Å²) in [6, 6.07) is 23.9. The molecule has 0 saturated carbocycles. The lowest BCUT2D eigenvalue weighted by molar-refractivity contribution is 0.250. The van der Waals surface area contributed by atoms with Crippen molar-refractivity contribution in [2.24, 2.45) is 23.7 Å². The molecular formula is C40H44S. The van der Waals surface area contributed by atoms with E-state index in [2.05, 4.69) is 130 Å². The zero-order valence-electron chi connectivity index (χ0n) is 26.5. The molecule has 0 radical (unpaired) electrons. The molecule has 1 heteroatoms. The van der Waals surface area contributed by atoms with Gasteiger partial charge in [-0.1, -0.05) is 121 Å². The number of benzene rings is 4. The van der Waals surface area contributed by atoms with Gasteiger partial charge in [0, 0.05) is 36.6 Å². The van der Waals surface area contributed by atoms with Crippen molar-refractivity contribution in [2.45, 2.75) is 80.1 Å². The van der Waals surface area contributed by atoms with Gasteiger partial charge in [-0.15, -0.1) is 11.3 Å². The van der Waals surface area contributed by atoms with Crippen LogP contribution >= 0.6 is 11.3 Å². The van der Waals surface area contributed by atoms with Crippen LogP contribution in [0, 0.1) is 37.5 Å². The molecule has 0 bridgehead atoms. The number of rotatable bonds is 4. The maximum Gasteiger partial charge on any atom is 0.0443 e. The van der Waals surface area contributed by atoms with Gasteiger partial charge in [-0.3, -0.25) is 0 Å². The normalized spacial score (nSPS) is 16.3. The van der Waals surface area contributed by atoms with E-state index in [-0.39, 0.29) is 10.8 Å². The van der Waals surface area contributed by atoms with Crippen molar-refractivity contribution >= 4 is 31.5 Å². The predicted molar refractivity (Wildman–Crippen MR) is 181 cm³/mol. The highest BCUT2D eigenvalue weighted by molar-refractivity contribution is 7.26. The van der Waals surface area contributed by atoms with E-state index in [1.165, 1.54) is 53.6 Å². The maximum absolute atomic E-state index is 2.54. The highest BCUT2D eigenvalue weighted by Gasteiger charge is 2.57. The van der Waals surface area contributed by atoms with Crippen molar-refractivity contribution in [2.75, 3.05) is 0 Å². The van der Waals surface area contributed by atoms with Gasteiger partial charge >= 0.3 is 0 Å². The number of hydrogen-bond acceptors (Lipinski definition) is 1. The summed E-state index contributed by atoms with van der Waals surface area (Å²) in [7, 11) is 0. The van der Waals surface area contributed by atoms with Crippen molar-refractivity contribution in [3.05, 3.63) is 94.0 Å². The number of hydrogen-bond donors (Lipinski definition) is 0. The van der Waals surface area contributed by atoms with Crippen molar-refractivity contribution in [1.29, 1.82) is 0 Å². The molecule has 0 atom stereocenters. The highest BCUT2D eigenvalue weighted by Crippen LogP contribution is 2.69. The van der Waals surface area contributed by atoms with Crippen LogP contribution in [0.2, 0.25) is 0 Å². The summed E-state index contributed by atoms with van der Waals surface area (Å²) in [5.74, 6) is 1.84. The molecular weight excluding hydrogens is 513 g/mol. The van der Waals surface area contributed by atoms with Crippen LogP contribution in [0.5, 0.6) is 0 Å². The summed E-state index contributed by atoms with van der Waals surface area (Å²) < 4.78 is 2.89. The Bertz CT molecular complexity index is 1860. The van der Waals surface area contributed by atoms with E-state index >= 15 is 0 Å². The van der Waals surface area contributed by atoms with Gasteiger partial charge in [0.2, 0.25) is 0 Å². The van der Waals surface area contributed by atoms with E-state index in [1.807, 2.05) is 11.3 Å². The first-order valence-corrected chi connectivity index (χ1v) is 16.6. The highest BCUT2D eigenvalue weighted by atomic mass is 32.1. The third-order valence-electron chi connectivity index (χ3n) is 11.1. The minimum absolute atomic E-state index is 0.0583. The zero-order chi connectivity index (χ0) is 29.2. The molecule has 0 nitrogen and oxygen atoms in total. The summed E-state index contributed by atoms with van der Waals surface area (Å²) >= 11 is 2.02. The van der Waals surface area contributed by atoms with Crippen molar-refractivity contribution in [3.8, 4) is 22.3 Å². The Hall–Kier alpha value is -2.90. The van der Waals surface area contributed by atoms with E-state index in [4.69, 9.17) is 0 Å². The van der Waals surface area contributed by atoms with Gasteiger partial charge in [-0.25, -0.2) is 0 Å². The molecule has 2 aliphatic rings. The first kappa shape index (κ1) is 27.0. The van der Waals surface area contributed by atoms with E-state index in [1.54, 1.807) is 22.3 Å². The molecule has 4 aromatic carbocycles. The first-order chi connectivity index (χ1) is 19.5. The molecule has 0 fully saturated rings. The molecule has 0 N–H and O–H groups in total. The van der Waals surface area contributed by atoms with Gasteiger partial charge in [0.15, 0.2) is 0 Å². The Morgan fingerprint density at radius 2 is 1.02 bits per heavy atom. The Morgan fingerprint density at radius 3 is 1.54 bits per heavy atom. The molecule has 0 amide bonds. The second-order valence-corrected chi connectivity index (χ2v) is 15.3. The van der Waals surface area contributed by atoms with Crippen LogP contribution in [0.3, 0.4) is 0 Å². The number of thiophene rings is 1. The number of fused-ring (bicyclic) bond motifs is 12. The van der Waals surface area contributed by atoms with Gasteiger partial charge in [-0.05, 0) is 82.5 Å². The molecule has 0 unspecified atom stereocenters. The van der Waals surface area contributed by atoms with Gasteiger partial charge in [0.1, 0.15) is 0 Å². The molecule has 1 aromatic heterocycles. The maximum atomic E-state index is 2.54. The molecule has 5 aromatic rings. The van der Waals surface area contributed by atoms with Crippen molar-refractivity contribution in [3.63, 3.8) is 0 Å². The molecule has 0 aliphatic heterocycles. The third-order valence-corrected chi connectivity index (χ3v) is 12.3. The lowest BCUT2D eigenvalue weighted by Crippen LogP contribution is -2.43. The Kier molecular flexibility index (Phi) is 5.79. The smallest absolute Gasteiger partial charge is 0.0443 e. The van der Waals surface area contributed by atoms with Gasteiger partial charge in [0.25, 0.3) is 0 Å². The lowest BCUT2D eigenvalue weighted by atomic mass is 9.56. The third kappa shape index (κ3) is 3.07. The summed E-state index contributed by atoms with van der Waals surface area (Å²) in [6.45, 7) is 24.5. The summed E-state index contributed by atoms with van der Waals surface area (Å²) in [5.41, 5.74) is 15.0. The molecule has 41 heavy (non-hydrogen) atoms. The van der Waals surface area contributed by atoms with Crippen LogP contribution < -0.4 is 0 Å². The van der Waals surface area contributed by atoms with Crippen molar-refractivity contribution < 1.29 is 0 Å². The fraction of sp³-hybridized carbons (Fsp3) is 0.400. The Balaban J connectivity index is 1.86. The largest absolute Gasteiger partial charge is 0.134 e. The van der Waals surface area contributed by atoms with Crippen molar-refractivity contribution in [1.82, 2.24) is 0 Å². The molecule has 210 valence electrons. The molecule has 7 rings (SSSR count). The van der Waals surface area contributed by atoms with E-state index in [9.17, 15) is 0 Å². The van der Waals surface area contributed by atoms with Gasteiger partial charge in [0.05, 0.1) is 0 Å². The van der Waals surface area contributed by atoms with Crippen LogP contribution in [-0.2, 0) is 10.8 Å². The standard InChI is InChI=1S/C40H44S/c1-21(2)39(22(3)4)30-19-25(9)15-17-27(30)33-34-29-13-11-12-14-32(29)41-38(34)35-28-18-16-26(10)20-31(28)40(23(5)6,24(7)8)37(35)36(33)39/h11-24H,1-10H3. The van der Waals surface area contributed by atoms with E-state index in [0.29, 0.717) is 23.7 Å². The number of aryl methyl sites for hydroxylation is 2. The topological polar surface area (TPSA) is 0 Å². The van der Waals surface area contributed by atoms with Crippen LogP contribution in [-0.4, -0.2) is 0 Å². The molecule has 0 saturated heterocycles. The van der Waals surface area contributed by atoms with Crippen LogP contribution in [0.1, 0.15) is 88.8 Å². The first-order valence-electron chi connectivity index (χ1n) is 15.7. The van der Waals surface area contributed by atoms with Gasteiger partial charge in [-0.2, -0.15) is 0 Å². The predicted octanol–water partition coefficient (Wildman–Crippen LogP) is 11.8. The SMILES string of the molecule is Cc1ccc2c(c1)C(C(C)C)(C(C)C)c1c3c(c4c(sc5ccccc54)c1-2)-c1ccc(C)cc1C3(C(C)C)C(C)C. The Morgan fingerprint density at radius 1 is 0.561 bits per heavy atom. The average Bonchev–Trinajstić information content (AvgIpc) is 3.52.